The SMILES string of the molecule is CCOC(=O)C1=C(C)N=c2s/c(=C\c3cc(Cl)ccc3OCc3ccccc3C#N)c(=O)n2[C@@H]1c1ccc(OCC)cc1. The molecule has 2 heterocycles. The molecule has 0 radical (unpaired) electrons. The van der Waals surface area contributed by atoms with E-state index >= 15 is 0 Å². The zero-order valence-electron chi connectivity index (χ0n) is 23.8. The summed E-state index contributed by atoms with van der Waals surface area (Å²) in [5.41, 5.74) is 3.03. The van der Waals surface area contributed by atoms with Gasteiger partial charge in [0.25, 0.3) is 5.56 Å². The van der Waals surface area contributed by atoms with E-state index in [2.05, 4.69) is 11.1 Å². The summed E-state index contributed by atoms with van der Waals surface area (Å²) in [5.74, 6) is 0.650. The van der Waals surface area contributed by atoms with Crippen LogP contribution in [0.25, 0.3) is 6.08 Å². The van der Waals surface area contributed by atoms with Gasteiger partial charge in [-0.1, -0.05) is 53.3 Å². The zero-order valence-corrected chi connectivity index (χ0v) is 25.4. The molecule has 0 spiro atoms. The van der Waals surface area contributed by atoms with Crippen LogP contribution in [0.15, 0.2) is 87.8 Å². The summed E-state index contributed by atoms with van der Waals surface area (Å²) in [6.45, 7) is 6.24. The topological polar surface area (TPSA) is 103 Å². The third kappa shape index (κ3) is 6.26. The molecule has 8 nitrogen and oxygen atoms in total. The van der Waals surface area contributed by atoms with E-state index in [1.807, 2.05) is 43.3 Å². The maximum Gasteiger partial charge on any atom is 0.338 e. The van der Waals surface area contributed by atoms with Crippen LogP contribution in [0, 0.1) is 11.3 Å². The standard InChI is InChI=1S/C33H28ClN3O5S/c1-4-40-26-13-10-21(11-14-26)30-29(32(39)41-5-2)20(3)36-33-37(30)31(38)28(43-33)17-24-16-25(34)12-15-27(24)42-19-23-9-7-6-8-22(23)18-35/h6-17,30H,4-5,19H2,1-3H3/b28-17-/t30-/m1/s1. The third-order valence-electron chi connectivity index (χ3n) is 6.80. The maximum absolute atomic E-state index is 14.0. The lowest BCUT2D eigenvalue weighted by Crippen LogP contribution is -2.39. The first-order chi connectivity index (χ1) is 20.8. The second kappa shape index (κ2) is 13.1. The first-order valence-electron chi connectivity index (χ1n) is 13.7. The quantitative estimate of drug-likeness (QED) is 0.237. The summed E-state index contributed by atoms with van der Waals surface area (Å²) in [6.07, 6.45) is 1.71. The lowest BCUT2D eigenvalue weighted by atomic mass is 9.96. The average molecular weight is 614 g/mol. The Bertz CT molecular complexity index is 1940. The van der Waals surface area contributed by atoms with Gasteiger partial charge in [-0.15, -0.1) is 0 Å². The number of esters is 1. The molecule has 0 saturated carbocycles. The van der Waals surface area contributed by atoms with Gasteiger partial charge in [-0.05, 0) is 68.8 Å². The van der Waals surface area contributed by atoms with Gasteiger partial charge in [0.15, 0.2) is 4.80 Å². The molecule has 0 N–H and O–H groups in total. The van der Waals surface area contributed by atoms with Crippen molar-refractivity contribution >= 4 is 35.0 Å². The van der Waals surface area contributed by atoms with Crippen molar-refractivity contribution in [3.05, 3.63) is 125 Å². The summed E-state index contributed by atoms with van der Waals surface area (Å²) in [4.78, 5) is 32.3. The first kappa shape index (κ1) is 29.8. The van der Waals surface area contributed by atoms with Gasteiger partial charge in [-0.2, -0.15) is 5.26 Å². The summed E-state index contributed by atoms with van der Waals surface area (Å²) < 4.78 is 19.0. The molecule has 1 atom stereocenters. The van der Waals surface area contributed by atoms with Crippen LogP contribution in [0.3, 0.4) is 0 Å². The summed E-state index contributed by atoms with van der Waals surface area (Å²) >= 11 is 7.55. The Kier molecular flexibility index (Phi) is 9.10. The fraction of sp³-hybridized carbons (Fsp3) is 0.212. The van der Waals surface area contributed by atoms with Crippen molar-refractivity contribution in [1.82, 2.24) is 4.57 Å². The van der Waals surface area contributed by atoms with E-state index in [0.717, 1.165) is 11.1 Å². The lowest BCUT2D eigenvalue weighted by molar-refractivity contribution is -0.139. The molecule has 218 valence electrons. The second-order valence-corrected chi connectivity index (χ2v) is 11.0. The minimum atomic E-state index is -0.745. The normalized spacial score (nSPS) is 14.5. The van der Waals surface area contributed by atoms with Gasteiger partial charge in [0.1, 0.15) is 18.1 Å². The molecule has 1 aromatic heterocycles. The van der Waals surface area contributed by atoms with E-state index < -0.39 is 12.0 Å². The van der Waals surface area contributed by atoms with E-state index in [9.17, 15) is 14.9 Å². The number of rotatable bonds is 9. The number of benzene rings is 3. The monoisotopic (exact) mass is 613 g/mol. The molecule has 0 saturated heterocycles. The second-order valence-electron chi connectivity index (χ2n) is 9.54. The third-order valence-corrected chi connectivity index (χ3v) is 8.02. The molecule has 1 aliphatic rings. The number of nitriles is 1. The van der Waals surface area contributed by atoms with Gasteiger partial charge < -0.3 is 14.2 Å². The van der Waals surface area contributed by atoms with Crippen molar-refractivity contribution in [2.75, 3.05) is 13.2 Å². The Balaban J connectivity index is 1.61. The molecular formula is C33H28ClN3O5S. The highest BCUT2D eigenvalue weighted by Crippen LogP contribution is 2.32. The van der Waals surface area contributed by atoms with E-state index in [1.54, 1.807) is 50.3 Å². The van der Waals surface area contributed by atoms with Crippen LogP contribution < -0.4 is 24.4 Å². The number of hydrogen-bond acceptors (Lipinski definition) is 8. The number of fused-ring (bicyclic) bond motifs is 1. The molecule has 5 rings (SSSR count). The number of aromatic nitrogens is 1. The molecule has 0 fully saturated rings. The molecule has 43 heavy (non-hydrogen) atoms. The van der Waals surface area contributed by atoms with E-state index in [-0.39, 0.29) is 18.8 Å². The highest BCUT2D eigenvalue weighted by Gasteiger charge is 2.33. The van der Waals surface area contributed by atoms with Gasteiger partial charge in [0.2, 0.25) is 0 Å². The molecule has 1 aliphatic heterocycles. The molecule has 0 aliphatic carbocycles. The number of hydrogen-bond donors (Lipinski definition) is 0. The van der Waals surface area contributed by atoms with Gasteiger partial charge >= 0.3 is 5.97 Å². The first-order valence-corrected chi connectivity index (χ1v) is 14.9. The Hall–Kier alpha value is -4.65. The summed E-state index contributed by atoms with van der Waals surface area (Å²) in [7, 11) is 0. The summed E-state index contributed by atoms with van der Waals surface area (Å²) in [6, 6.07) is 21.1. The van der Waals surface area contributed by atoms with Crippen LogP contribution in [0.4, 0.5) is 0 Å². The number of thiazole rings is 1. The zero-order chi connectivity index (χ0) is 30.5. The van der Waals surface area contributed by atoms with Crippen molar-refractivity contribution < 1.29 is 19.0 Å². The van der Waals surface area contributed by atoms with Crippen LogP contribution in [-0.2, 0) is 16.1 Å². The molecule has 10 heteroatoms. The van der Waals surface area contributed by atoms with Gasteiger partial charge in [-0.3, -0.25) is 9.36 Å². The number of nitrogens with zero attached hydrogens (tertiary/aromatic N) is 3. The van der Waals surface area contributed by atoms with Crippen LogP contribution in [0.2, 0.25) is 5.02 Å². The predicted molar refractivity (Wildman–Crippen MR) is 165 cm³/mol. The smallest absolute Gasteiger partial charge is 0.338 e. The predicted octanol–water partition coefficient (Wildman–Crippen LogP) is 5.30. The molecule has 3 aromatic carbocycles. The molecule has 0 unspecified atom stereocenters. The fourth-order valence-electron chi connectivity index (χ4n) is 4.84. The Morgan fingerprint density at radius 1 is 1.09 bits per heavy atom. The highest BCUT2D eigenvalue weighted by molar-refractivity contribution is 7.07. The van der Waals surface area contributed by atoms with Crippen molar-refractivity contribution in [3.63, 3.8) is 0 Å². The van der Waals surface area contributed by atoms with Crippen molar-refractivity contribution in [1.29, 1.82) is 5.26 Å². The van der Waals surface area contributed by atoms with E-state index in [1.165, 1.54) is 15.9 Å². The van der Waals surface area contributed by atoms with Gasteiger partial charge in [0, 0.05) is 16.1 Å². The largest absolute Gasteiger partial charge is 0.494 e. The van der Waals surface area contributed by atoms with Crippen molar-refractivity contribution in [2.45, 2.75) is 33.4 Å². The van der Waals surface area contributed by atoms with Crippen molar-refractivity contribution in [2.24, 2.45) is 4.99 Å². The van der Waals surface area contributed by atoms with Crippen LogP contribution in [0.5, 0.6) is 11.5 Å². The molecular weight excluding hydrogens is 586 g/mol. The Labute approximate surface area is 257 Å². The fourth-order valence-corrected chi connectivity index (χ4v) is 6.05. The van der Waals surface area contributed by atoms with E-state index in [0.29, 0.717) is 54.9 Å². The Morgan fingerprint density at radius 2 is 1.86 bits per heavy atom. The number of halogens is 1. The highest BCUT2D eigenvalue weighted by atomic mass is 35.5. The van der Waals surface area contributed by atoms with Crippen LogP contribution in [-0.4, -0.2) is 23.8 Å². The van der Waals surface area contributed by atoms with Gasteiger partial charge in [0.05, 0.1) is 46.7 Å². The number of ether oxygens (including phenoxy) is 3. The lowest BCUT2D eigenvalue weighted by Gasteiger charge is -2.24. The minimum Gasteiger partial charge on any atom is -0.494 e. The van der Waals surface area contributed by atoms with Crippen LogP contribution in [0.1, 0.15) is 49.1 Å². The van der Waals surface area contributed by atoms with Crippen molar-refractivity contribution in [3.8, 4) is 17.6 Å². The minimum absolute atomic E-state index is 0.160. The maximum atomic E-state index is 14.0. The molecule has 0 amide bonds. The average Bonchev–Trinajstić information content (AvgIpc) is 3.30. The van der Waals surface area contributed by atoms with Gasteiger partial charge in [-0.25, -0.2) is 9.79 Å². The molecule has 4 aromatic rings. The number of allylic oxidation sites excluding steroid dienone is 1. The summed E-state index contributed by atoms with van der Waals surface area (Å²) in [5, 5.41) is 9.91. The Morgan fingerprint density at radius 3 is 2.58 bits per heavy atom. The molecule has 0 bridgehead atoms. The number of carbonyl (C=O) groups excluding carboxylic acids is 1. The van der Waals surface area contributed by atoms with E-state index in [4.69, 9.17) is 25.8 Å². The van der Waals surface area contributed by atoms with Crippen LogP contribution >= 0.6 is 22.9 Å². The number of carbonyl (C=O) groups is 1.